The molecule has 1 aromatic rings. The van der Waals surface area contributed by atoms with Gasteiger partial charge in [-0.1, -0.05) is 0 Å². The van der Waals surface area contributed by atoms with Crippen molar-refractivity contribution in [2.45, 2.75) is 13.3 Å². The summed E-state index contributed by atoms with van der Waals surface area (Å²) in [5, 5.41) is 18.5. The third-order valence-electron chi connectivity index (χ3n) is 2.72. The summed E-state index contributed by atoms with van der Waals surface area (Å²) in [5.41, 5.74) is 0.657. The van der Waals surface area contributed by atoms with E-state index in [0.717, 1.165) is 0 Å². The average molecular weight is 236 g/mol. The molecule has 2 heterocycles. The summed E-state index contributed by atoms with van der Waals surface area (Å²) in [7, 11) is 0. The third kappa shape index (κ3) is 2.06. The van der Waals surface area contributed by atoms with Crippen LogP contribution in [0.4, 0.5) is 5.82 Å². The number of aromatic hydroxyl groups is 1. The number of nitrogens with zero attached hydrogens (tertiary/aromatic N) is 2. The number of carbonyl (C=O) groups excluding carboxylic acids is 1. The number of amides is 1. The molecule has 0 radical (unpaired) electrons. The Bertz CT molecular complexity index is 486. The second-order valence-electron chi connectivity index (χ2n) is 4.04. The topological polar surface area (TPSA) is 90.7 Å². The van der Waals surface area contributed by atoms with Crippen LogP contribution in [0, 0.1) is 12.8 Å². The minimum atomic E-state index is -1.01. The van der Waals surface area contributed by atoms with Crippen LogP contribution in [0.25, 0.3) is 0 Å². The first-order valence-electron chi connectivity index (χ1n) is 5.19. The van der Waals surface area contributed by atoms with Gasteiger partial charge in [0.25, 0.3) is 0 Å². The highest BCUT2D eigenvalue weighted by Crippen LogP contribution is 2.30. The highest BCUT2D eigenvalue weighted by atomic mass is 16.4. The van der Waals surface area contributed by atoms with Gasteiger partial charge in [0.1, 0.15) is 0 Å². The molecule has 1 amide bonds. The second-order valence-corrected chi connectivity index (χ2v) is 4.04. The molecule has 1 aliphatic rings. The number of anilines is 1. The molecule has 0 aliphatic carbocycles. The Labute approximate surface area is 97.5 Å². The molecule has 2 N–H and O–H groups in total. The lowest BCUT2D eigenvalue weighted by Crippen LogP contribution is -2.26. The molecule has 17 heavy (non-hydrogen) atoms. The lowest BCUT2D eigenvalue weighted by atomic mass is 10.1. The Morgan fingerprint density at radius 1 is 1.53 bits per heavy atom. The van der Waals surface area contributed by atoms with Crippen LogP contribution in [-0.2, 0) is 9.59 Å². The zero-order chi connectivity index (χ0) is 12.6. The number of carbonyl (C=O) groups is 2. The lowest BCUT2D eigenvalue weighted by Gasteiger charge is -2.16. The number of aliphatic carboxylic acids is 1. The zero-order valence-electron chi connectivity index (χ0n) is 9.25. The number of hydrogen-bond acceptors (Lipinski definition) is 4. The predicted molar refractivity (Wildman–Crippen MR) is 58.7 cm³/mol. The molecule has 90 valence electrons. The zero-order valence-corrected chi connectivity index (χ0v) is 9.25. The number of hydrogen-bond donors (Lipinski definition) is 2. The molecular formula is C11H12N2O4. The van der Waals surface area contributed by atoms with E-state index in [0.29, 0.717) is 5.69 Å². The maximum atomic E-state index is 11.7. The SMILES string of the molecule is Cc1ccc(O)c(N2CC(C(=O)O)CC2=O)n1. The standard InChI is InChI=1S/C11H12N2O4/c1-6-2-3-8(14)10(12-6)13-5-7(11(16)17)4-9(13)15/h2-3,7,14H,4-5H2,1H3,(H,16,17). The van der Waals surface area contributed by atoms with Crippen LogP contribution >= 0.6 is 0 Å². The van der Waals surface area contributed by atoms with Crippen molar-refractivity contribution in [3.05, 3.63) is 17.8 Å². The Morgan fingerprint density at radius 3 is 2.82 bits per heavy atom. The lowest BCUT2D eigenvalue weighted by molar-refractivity contribution is -0.141. The molecule has 1 saturated heterocycles. The van der Waals surface area contributed by atoms with Crippen molar-refractivity contribution in [1.82, 2.24) is 4.98 Å². The van der Waals surface area contributed by atoms with E-state index in [1.54, 1.807) is 13.0 Å². The molecule has 1 aromatic heterocycles. The summed E-state index contributed by atoms with van der Waals surface area (Å²) in [6.45, 7) is 1.79. The maximum absolute atomic E-state index is 11.7. The van der Waals surface area contributed by atoms with Gasteiger partial charge in [-0.25, -0.2) is 4.98 Å². The Balaban J connectivity index is 2.32. The van der Waals surface area contributed by atoms with Crippen molar-refractivity contribution in [3.8, 4) is 5.75 Å². The molecule has 0 bridgehead atoms. The van der Waals surface area contributed by atoms with E-state index in [9.17, 15) is 14.7 Å². The van der Waals surface area contributed by atoms with Crippen LogP contribution in [0.3, 0.4) is 0 Å². The fourth-order valence-corrected chi connectivity index (χ4v) is 1.81. The molecule has 0 spiro atoms. The number of carboxylic acids is 1. The molecule has 6 nitrogen and oxygen atoms in total. The van der Waals surface area contributed by atoms with Gasteiger partial charge in [0, 0.05) is 18.7 Å². The van der Waals surface area contributed by atoms with E-state index in [4.69, 9.17) is 5.11 Å². The molecule has 0 aromatic carbocycles. The minimum absolute atomic E-state index is 0.0512. The smallest absolute Gasteiger partial charge is 0.308 e. The normalized spacial score (nSPS) is 19.7. The summed E-state index contributed by atoms with van der Waals surface area (Å²) in [4.78, 5) is 27.8. The minimum Gasteiger partial charge on any atom is -0.504 e. The van der Waals surface area contributed by atoms with E-state index in [2.05, 4.69) is 4.98 Å². The fraction of sp³-hybridized carbons (Fsp3) is 0.364. The summed E-state index contributed by atoms with van der Waals surface area (Å²) >= 11 is 0. The van der Waals surface area contributed by atoms with Crippen molar-refractivity contribution < 1.29 is 19.8 Å². The van der Waals surface area contributed by atoms with Gasteiger partial charge in [0.05, 0.1) is 5.92 Å². The largest absolute Gasteiger partial charge is 0.504 e. The van der Waals surface area contributed by atoms with Crippen LogP contribution in [0.1, 0.15) is 12.1 Å². The first-order chi connectivity index (χ1) is 7.99. The Hall–Kier alpha value is -2.11. The monoisotopic (exact) mass is 236 g/mol. The number of carboxylic acid groups (broad SMARTS) is 1. The van der Waals surface area contributed by atoms with Gasteiger partial charge in [-0.05, 0) is 19.1 Å². The van der Waals surface area contributed by atoms with Crippen molar-refractivity contribution in [2.75, 3.05) is 11.4 Å². The molecule has 6 heteroatoms. The molecular weight excluding hydrogens is 224 g/mol. The average Bonchev–Trinajstić information content (AvgIpc) is 2.64. The van der Waals surface area contributed by atoms with E-state index in [1.807, 2.05) is 0 Å². The quantitative estimate of drug-likeness (QED) is 0.781. The fourth-order valence-electron chi connectivity index (χ4n) is 1.81. The van der Waals surface area contributed by atoms with Gasteiger partial charge in [0.15, 0.2) is 11.6 Å². The van der Waals surface area contributed by atoms with Gasteiger partial charge in [-0.15, -0.1) is 0 Å². The highest BCUT2D eigenvalue weighted by Gasteiger charge is 2.36. The molecule has 1 aliphatic heterocycles. The summed E-state index contributed by atoms with van der Waals surface area (Å²) in [6, 6.07) is 3.06. The molecule has 0 saturated carbocycles. The number of rotatable bonds is 2. The maximum Gasteiger partial charge on any atom is 0.308 e. The van der Waals surface area contributed by atoms with Gasteiger partial charge < -0.3 is 10.2 Å². The Kier molecular flexibility index (Phi) is 2.71. The van der Waals surface area contributed by atoms with Gasteiger partial charge in [-0.2, -0.15) is 0 Å². The van der Waals surface area contributed by atoms with Crippen molar-refractivity contribution in [2.24, 2.45) is 5.92 Å². The Morgan fingerprint density at radius 2 is 2.24 bits per heavy atom. The van der Waals surface area contributed by atoms with Crippen molar-refractivity contribution in [3.63, 3.8) is 0 Å². The second kappa shape index (κ2) is 4.04. The molecule has 1 atom stereocenters. The predicted octanol–water partition coefficient (Wildman–Crippen LogP) is 0.533. The summed E-state index contributed by atoms with van der Waals surface area (Å²) in [6.07, 6.45) is -0.0512. The van der Waals surface area contributed by atoms with Crippen molar-refractivity contribution in [1.29, 1.82) is 0 Å². The van der Waals surface area contributed by atoms with Crippen LogP contribution < -0.4 is 4.90 Å². The highest BCUT2D eigenvalue weighted by molar-refractivity contribution is 5.99. The van der Waals surface area contributed by atoms with Gasteiger partial charge >= 0.3 is 5.97 Å². The van der Waals surface area contributed by atoms with Crippen LogP contribution in [0.2, 0.25) is 0 Å². The van der Waals surface area contributed by atoms with Crippen LogP contribution in [-0.4, -0.2) is 33.6 Å². The van der Waals surface area contributed by atoms with E-state index in [-0.39, 0.29) is 30.4 Å². The number of aryl methyl sites for hydroxylation is 1. The first-order valence-corrected chi connectivity index (χ1v) is 5.19. The number of aromatic nitrogens is 1. The number of pyridine rings is 1. The van der Waals surface area contributed by atoms with E-state index >= 15 is 0 Å². The van der Waals surface area contributed by atoms with Gasteiger partial charge in [-0.3, -0.25) is 14.5 Å². The molecule has 2 rings (SSSR count). The van der Waals surface area contributed by atoms with Crippen LogP contribution in [0.15, 0.2) is 12.1 Å². The van der Waals surface area contributed by atoms with Gasteiger partial charge in [0.2, 0.25) is 5.91 Å². The first kappa shape index (κ1) is 11.4. The van der Waals surface area contributed by atoms with E-state index < -0.39 is 11.9 Å². The van der Waals surface area contributed by atoms with E-state index in [1.165, 1.54) is 11.0 Å². The summed E-state index contributed by atoms with van der Waals surface area (Å²) in [5.74, 6) is -2.04. The molecule has 1 unspecified atom stereocenters. The van der Waals surface area contributed by atoms with Crippen LogP contribution in [0.5, 0.6) is 5.75 Å². The molecule has 1 fully saturated rings. The summed E-state index contributed by atoms with van der Waals surface area (Å²) < 4.78 is 0. The third-order valence-corrected chi connectivity index (χ3v) is 2.72. The van der Waals surface area contributed by atoms with Crippen molar-refractivity contribution >= 4 is 17.7 Å².